The van der Waals surface area contributed by atoms with Crippen LogP contribution in [0.3, 0.4) is 0 Å². The van der Waals surface area contributed by atoms with Gasteiger partial charge in [-0.25, -0.2) is 0 Å². The van der Waals surface area contributed by atoms with Gasteiger partial charge in [0, 0.05) is 11.3 Å². The van der Waals surface area contributed by atoms with E-state index in [1.54, 1.807) is 0 Å². The van der Waals surface area contributed by atoms with Crippen LogP contribution in [0.15, 0.2) is 121 Å². The average Bonchev–Trinajstić information content (AvgIpc) is 3.68. The van der Waals surface area contributed by atoms with Crippen LogP contribution in [-0.4, -0.2) is 0 Å². The van der Waals surface area contributed by atoms with Crippen molar-refractivity contribution in [3.8, 4) is 0 Å². The van der Waals surface area contributed by atoms with E-state index in [0.29, 0.717) is 0 Å². The zero-order valence-electron chi connectivity index (χ0n) is 20.4. The zero-order chi connectivity index (χ0) is 24.4. The van der Waals surface area contributed by atoms with Gasteiger partial charge < -0.3 is 0 Å². The number of rotatable bonds is 6. The van der Waals surface area contributed by atoms with Crippen LogP contribution in [0.5, 0.6) is 0 Å². The second-order valence-electron chi connectivity index (χ2n) is 8.30. The van der Waals surface area contributed by atoms with Crippen molar-refractivity contribution in [2.24, 2.45) is 0 Å². The molecule has 4 aromatic rings. The maximum Gasteiger partial charge on any atom is 3.00 e. The smallest absolute Gasteiger partial charge is 0.0622 e. The minimum absolute atomic E-state index is 0. The topological polar surface area (TPSA) is 0 Å². The van der Waals surface area contributed by atoms with Crippen LogP contribution < -0.4 is 21.2 Å². The Kier molecular flexibility index (Phi) is 11.5. The molecule has 3 heteroatoms. The summed E-state index contributed by atoms with van der Waals surface area (Å²) < 4.78 is 0. The summed E-state index contributed by atoms with van der Waals surface area (Å²) >= 11 is 0. The van der Waals surface area contributed by atoms with E-state index in [9.17, 15) is 0 Å². The predicted octanol–water partition coefficient (Wildman–Crippen LogP) is 6.96. The van der Waals surface area contributed by atoms with Gasteiger partial charge in [0.15, 0.2) is 0 Å². The third kappa shape index (κ3) is 7.65. The minimum atomic E-state index is -0.577. The van der Waals surface area contributed by atoms with Crippen LogP contribution in [0.1, 0.15) is 0 Å². The molecular weight excluding hydrogens is 526 g/mol. The summed E-state index contributed by atoms with van der Waals surface area (Å²) in [5.41, 5.74) is 2.84. The zero-order valence-corrected chi connectivity index (χ0v) is 23.3. The maximum absolute atomic E-state index is 2.46. The van der Waals surface area contributed by atoms with E-state index in [4.69, 9.17) is 0 Å². The first-order chi connectivity index (χ1) is 17.9. The Bertz CT molecular complexity index is 972. The standard InChI is InChI=1S/C29H23P2.C5H5.Fe/c1-5-13-24(14-6-1)30(25-15-7-2-8-16-25)28-21-22-29(23-28)31(26-17-9-3-10-18-26)27-19-11-4-12-20-27;1-2-4-5-3-1;/h1-23H;1-5H;/q;;+3. The van der Waals surface area contributed by atoms with Gasteiger partial charge in [-0.1, -0.05) is 121 Å². The van der Waals surface area contributed by atoms with Crippen LogP contribution in [-0.2, 0) is 17.1 Å². The van der Waals surface area contributed by atoms with E-state index in [0.717, 1.165) is 0 Å². The maximum atomic E-state index is 2.46. The SMILES string of the molecule is [CH]1[CH][CH][CH][CH]1.[CH]1[CH][C](P(c2ccccc2)c2ccccc2)[CH][C]1P(c1ccccc1)c1ccccc1.[Fe+3]. The summed E-state index contributed by atoms with van der Waals surface area (Å²) in [5, 5.41) is 5.57. The van der Waals surface area contributed by atoms with Crippen molar-refractivity contribution in [2.45, 2.75) is 0 Å². The van der Waals surface area contributed by atoms with Gasteiger partial charge in [0.1, 0.15) is 0 Å². The molecule has 0 unspecified atom stereocenters. The molecule has 0 amide bonds. The molecule has 11 radical (unpaired) electrons. The fraction of sp³-hybridized carbons (Fsp3) is 0. The second kappa shape index (κ2) is 15.0. The number of hydrogen-bond acceptors (Lipinski definition) is 0. The number of hydrogen-bond donors (Lipinski definition) is 0. The van der Waals surface area contributed by atoms with Crippen molar-refractivity contribution in [3.05, 3.63) is 184 Å². The molecule has 4 aromatic carbocycles. The molecule has 0 N–H and O–H groups in total. The Morgan fingerprint density at radius 3 is 0.811 bits per heavy atom. The van der Waals surface area contributed by atoms with E-state index < -0.39 is 15.8 Å². The molecule has 0 nitrogen and oxygen atoms in total. The first-order valence-electron chi connectivity index (χ1n) is 12.1. The summed E-state index contributed by atoms with van der Waals surface area (Å²) in [5.74, 6) is 0. The van der Waals surface area contributed by atoms with Crippen molar-refractivity contribution in [1.82, 2.24) is 0 Å². The Balaban J connectivity index is 0.000000479. The van der Waals surface area contributed by atoms with Gasteiger partial charge in [-0.15, -0.1) is 0 Å². The van der Waals surface area contributed by atoms with Crippen molar-refractivity contribution in [1.29, 1.82) is 0 Å². The molecule has 0 saturated heterocycles. The molecular formula is C34H28FeP2+3. The summed E-state index contributed by atoms with van der Waals surface area (Å²) in [6.07, 6.45) is 17.2. The monoisotopic (exact) mass is 554 g/mol. The molecule has 179 valence electrons. The van der Waals surface area contributed by atoms with Crippen LogP contribution in [0.25, 0.3) is 0 Å². The van der Waals surface area contributed by atoms with Crippen molar-refractivity contribution >= 4 is 37.1 Å². The fourth-order valence-electron chi connectivity index (χ4n) is 4.22. The third-order valence-corrected chi connectivity index (χ3v) is 10.7. The Hall–Kier alpha value is -1.74. The predicted molar refractivity (Wildman–Crippen MR) is 159 cm³/mol. The molecule has 0 aliphatic heterocycles. The van der Waals surface area contributed by atoms with E-state index in [-0.39, 0.29) is 17.1 Å². The molecule has 0 spiro atoms. The van der Waals surface area contributed by atoms with Crippen LogP contribution in [0.4, 0.5) is 0 Å². The van der Waals surface area contributed by atoms with E-state index in [2.05, 4.69) is 141 Å². The molecule has 37 heavy (non-hydrogen) atoms. The van der Waals surface area contributed by atoms with Crippen molar-refractivity contribution in [2.75, 3.05) is 0 Å². The van der Waals surface area contributed by atoms with Gasteiger partial charge in [-0.05, 0) is 88.4 Å². The second-order valence-corrected chi connectivity index (χ2v) is 12.7. The summed E-state index contributed by atoms with van der Waals surface area (Å²) in [6.45, 7) is 0. The van der Waals surface area contributed by atoms with Crippen molar-refractivity contribution < 1.29 is 17.1 Å². The Morgan fingerprint density at radius 2 is 0.568 bits per heavy atom. The first-order valence-corrected chi connectivity index (χ1v) is 14.8. The van der Waals surface area contributed by atoms with E-state index in [1.807, 2.05) is 32.1 Å². The van der Waals surface area contributed by atoms with Gasteiger partial charge in [0.2, 0.25) is 0 Å². The Morgan fingerprint density at radius 1 is 0.324 bits per heavy atom. The van der Waals surface area contributed by atoms with Crippen LogP contribution in [0.2, 0.25) is 0 Å². The summed E-state index contributed by atoms with van der Waals surface area (Å²) in [7, 11) is -1.15. The van der Waals surface area contributed by atoms with Gasteiger partial charge in [-0.2, -0.15) is 0 Å². The third-order valence-electron chi connectivity index (χ3n) is 5.85. The molecule has 0 aromatic heterocycles. The van der Waals surface area contributed by atoms with Gasteiger partial charge >= 0.3 is 17.1 Å². The molecule has 2 aliphatic rings. The van der Waals surface area contributed by atoms with E-state index >= 15 is 0 Å². The van der Waals surface area contributed by atoms with Crippen LogP contribution >= 0.6 is 15.8 Å². The summed E-state index contributed by atoms with van der Waals surface area (Å²) in [4.78, 5) is 0. The Labute approximate surface area is 237 Å². The molecule has 2 fully saturated rings. The number of benzene rings is 4. The van der Waals surface area contributed by atoms with E-state index in [1.165, 1.54) is 32.5 Å². The summed E-state index contributed by atoms with van der Waals surface area (Å²) in [6, 6.07) is 43.7. The normalized spacial score (nSPS) is 15.8. The largest absolute Gasteiger partial charge is 3.00 e. The molecule has 0 heterocycles. The van der Waals surface area contributed by atoms with Gasteiger partial charge in [0.05, 0.1) is 0 Å². The molecule has 0 bridgehead atoms. The average molecular weight is 554 g/mol. The van der Waals surface area contributed by atoms with Gasteiger partial charge in [0.25, 0.3) is 0 Å². The fourth-order valence-corrected chi connectivity index (χ4v) is 8.98. The van der Waals surface area contributed by atoms with Gasteiger partial charge in [-0.3, -0.25) is 0 Å². The molecule has 6 rings (SSSR count). The molecule has 2 aliphatic carbocycles. The minimum Gasteiger partial charge on any atom is -0.0622 e. The van der Waals surface area contributed by atoms with Crippen molar-refractivity contribution in [3.63, 3.8) is 0 Å². The van der Waals surface area contributed by atoms with Crippen LogP contribution in [0, 0.1) is 62.7 Å². The molecule has 2 saturated carbocycles. The molecule has 0 atom stereocenters. The quantitative estimate of drug-likeness (QED) is 0.179. The first kappa shape index (κ1) is 28.3.